The Morgan fingerprint density at radius 2 is 1.42 bits per heavy atom. The first-order valence-electron chi connectivity index (χ1n) is 6.96. The van der Waals surface area contributed by atoms with Gasteiger partial charge in [0.15, 0.2) is 0 Å². The molecule has 0 aliphatic heterocycles. The molecule has 0 saturated heterocycles. The lowest BCUT2D eigenvalue weighted by molar-refractivity contribution is 0.493. The maximum Gasteiger partial charge on any atom is 0.0300 e. The van der Waals surface area contributed by atoms with E-state index in [1.165, 1.54) is 22.3 Å². The molecular weight excluding hydrogens is 230 g/mol. The summed E-state index contributed by atoms with van der Waals surface area (Å²) < 4.78 is 0. The summed E-state index contributed by atoms with van der Waals surface area (Å²) in [6.07, 6.45) is 0. The van der Waals surface area contributed by atoms with Crippen LogP contribution >= 0.6 is 0 Å². The third-order valence-corrected chi connectivity index (χ3v) is 3.73. The van der Waals surface area contributed by atoms with Gasteiger partial charge in [0.25, 0.3) is 0 Å². The molecule has 1 N–H and O–H groups in total. The van der Waals surface area contributed by atoms with Crippen molar-refractivity contribution in [1.29, 1.82) is 0 Å². The number of nitrogens with one attached hydrogen (secondary N) is 1. The molecule has 0 saturated carbocycles. The highest BCUT2D eigenvalue weighted by molar-refractivity contribution is 5.29. The van der Waals surface area contributed by atoms with E-state index in [2.05, 4.69) is 81.5 Å². The standard InChI is InChI=1S/C18H23N/c1-13-9-11-17(12-10-13)15(3)19-16(4)18-8-6-5-7-14(18)2/h5-12,15-16,19H,1-4H3/t15-,16?/m0/s1. The second kappa shape index (κ2) is 6.03. The molecule has 100 valence electrons. The first-order chi connectivity index (χ1) is 9.08. The van der Waals surface area contributed by atoms with E-state index >= 15 is 0 Å². The van der Waals surface area contributed by atoms with Gasteiger partial charge in [-0.05, 0) is 44.4 Å². The van der Waals surface area contributed by atoms with Crippen LogP contribution in [0, 0.1) is 13.8 Å². The molecule has 0 bridgehead atoms. The summed E-state index contributed by atoms with van der Waals surface area (Å²) in [7, 11) is 0. The van der Waals surface area contributed by atoms with Crippen molar-refractivity contribution >= 4 is 0 Å². The van der Waals surface area contributed by atoms with Crippen LogP contribution in [0.4, 0.5) is 0 Å². The van der Waals surface area contributed by atoms with Gasteiger partial charge in [-0.25, -0.2) is 0 Å². The third-order valence-electron chi connectivity index (χ3n) is 3.73. The molecule has 0 amide bonds. The Morgan fingerprint density at radius 3 is 2.05 bits per heavy atom. The van der Waals surface area contributed by atoms with Crippen molar-refractivity contribution in [2.24, 2.45) is 0 Å². The van der Waals surface area contributed by atoms with Gasteiger partial charge >= 0.3 is 0 Å². The minimum atomic E-state index is 0.357. The summed E-state index contributed by atoms with van der Waals surface area (Å²) >= 11 is 0. The first-order valence-corrected chi connectivity index (χ1v) is 6.96. The van der Waals surface area contributed by atoms with Gasteiger partial charge in [0.2, 0.25) is 0 Å². The van der Waals surface area contributed by atoms with Crippen LogP contribution in [0.1, 0.15) is 48.2 Å². The van der Waals surface area contributed by atoms with E-state index in [0.29, 0.717) is 12.1 Å². The molecule has 0 radical (unpaired) electrons. The summed E-state index contributed by atoms with van der Waals surface area (Å²) in [5, 5.41) is 3.67. The zero-order valence-corrected chi connectivity index (χ0v) is 12.3. The Kier molecular flexibility index (Phi) is 4.39. The SMILES string of the molecule is Cc1ccc([C@H](C)NC(C)c2ccccc2C)cc1. The summed E-state index contributed by atoms with van der Waals surface area (Å²) in [5.41, 5.74) is 5.37. The van der Waals surface area contributed by atoms with Crippen LogP contribution in [0.3, 0.4) is 0 Å². The predicted molar refractivity (Wildman–Crippen MR) is 82.3 cm³/mol. The average molecular weight is 253 g/mol. The fraction of sp³-hybridized carbons (Fsp3) is 0.333. The smallest absolute Gasteiger partial charge is 0.0300 e. The summed E-state index contributed by atoms with van der Waals surface area (Å²) in [6.45, 7) is 8.74. The van der Waals surface area contributed by atoms with Crippen molar-refractivity contribution in [1.82, 2.24) is 5.32 Å². The highest BCUT2D eigenvalue weighted by atomic mass is 14.9. The van der Waals surface area contributed by atoms with Crippen LogP contribution < -0.4 is 5.32 Å². The molecule has 0 aliphatic carbocycles. The highest BCUT2D eigenvalue weighted by Crippen LogP contribution is 2.21. The number of benzene rings is 2. The Hall–Kier alpha value is -1.60. The van der Waals surface area contributed by atoms with Crippen LogP contribution in [0.2, 0.25) is 0 Å². The second-order valence-electron chi connectivity index (χ2n) is 5.38. The molecular formula is C18H23N. The fourth-order valence-electron chi connectivity index (χ4n) is 2.49. The third kappa shape index (κ3) is 3.45. The van der Waals surface area contributed by atoms with Crippen LogP contribution in [0.15, 0.2) is 48.5 Å². The maximum absolute atomic E-state index is 3.67. The van der Waals surface area contributed by atoms with Gasteiger partial charge in [0.05, 0.1) is 0 Å². The van der Waals surface area contributed by atoms with Crippen LogP contribution in [0.25, 0.3) is 0 Å². The minimum absolute atomic E-state index is 0.357. The molecule has 1 unspecified atom stereocenters. The van der Waals surface area contributed by atoms with Gasteiger partial charge < -0.3 is 5.32 Å². The summed E-state index contributed by atoms with van der Waals surface area (Å²) in [4.78, 5) is 0. The van der Waals surface area contributed by atoms with Crippen LogP contribution in [-0.4, -0.2) is 0 Å². The lowest BCUT2D eigenvalue weighted by Gasteiger charge is -2.22. The quantitative estimate of drug-likeness (QED) is 0.831. The maximum atomic E-state index is 3.67. The van der Waals surface area contributed by atoms with Crippen molar-refractivity contribution in [3.05, 3.63) is 70.8 Å². The van der Waals surface area contributed by atoms with E-state index < -0.39 is 0 Å². The molecule has 1 heteroatoms. The Balaban J connectivity index is 2.08. The predicted octanol–water partition coefficient (Wildman–Crippen LogP) is 4.72. The lowest BCUT2D eigenvalue weighted by atomic mass is 10.0. The van der Waals surface area contributed by atoms with Gasteiger partial charge in [-0.3, -0.25) is 0 Å². The fourth-order valence-corrected chi connectivity index (χ4v) is 2.49. The van der Waals surface area contributed by atoms with E-state index in [4.69, 9.17) is 0 Å². The average Bonchev–Trinajstić information content (AvgIpc) is 2.39. The normalized spacial score (nSPS) is 14.1. The number of hydrogen-bond acceptors (Lipinski definition) is 1. The van der Waals surface area contributed by atoms with E-state index in [9.17, 15) is 0 Å². The van der Waals surface area contributed by atoms with Gasteiger partial charge in [0, 0.05) is 12.1 Å². The molecule has 2 aromatic carbocycles. The number of hydrogen-bond donors (Lipinski definition) is 1. The zero-order valence-electron chi connectivity index (χ0n) is 12.3. The van der Waals surface area contributed by atoms with Crippen molar-refractivity contribution in [2.75, 3.05) is 0 Å². The lowest BCUT2D eigenvalue weighted by Crippen LogP contribution is -2.23. The van der Waals surface area contributed by atoms with Gasteiger partial charge in [-0.2, -0.15) is 0 Å². The molecule has 2 atom stereocenters. The van der Waals surface area contributed by atoms with Gasteiger partial charge in [-0.15, -0.1) is 0 Å². The molecule has 0 spiro atoms. The summed E-state index contributed by atoms with van der Waals surface area (Å²) in [5.74, 6) is 0. The van der Waals surface area contributed by atoms with Crippen molar-refractivity contribution in [3.8, 4) is 0 Å². The molecule has 0 heterocycles. The minimum Gasteiger partial charge on any atom is -0.304 e. The Bertz CT molecular complexity index is 528. The molecule has 2 rings (SSSR count). The Morgan fingerprint density at radius 1 is 0.789 bits per heavy atom. The van der Waals surface area contributed by atoms with E-state index in [-0.39, 0.29) is 0 Å². The molecule has 0 fully saturated rings. The van der Waals surface area contributed by atoms with Gasteiger partial charge in [-0.1, -0.05) is 54.1 Å². The Labute approximate surface area is 116 Å². The highest BCUT2D eigenvalue weighted by Gasteiger charge is 2.12. The van der Waals surface area contributed by atoms with Crippen molar-refractivity contribution in [3.63, 3.8) is 0 Å². The number of aryl methyl sites for hydroxylation is 2. The number of rotatable bonds is 4. The van der Waals surface area contributed by atoms with Crippen molar-refractivity contribution < 1.29 is 0 Å². The molecule has 1 nitrogen and oxygen atoms in total. The zero-order chi connectivity index (χ0) is 13.8. The largest absolute Gasteiger partial charge is 0.304 e. The van der Waals surface area contributed by atoms with E-state index in [1.54, 1.807) is 0 Å². The summed E-state index contributed by atoms with van der Waals surface area (Å²) in [6, 6.07) is 18.0. The van der Waals surface area contributed by atoms with Crippen LogP contribution in [-0.2, 0) is 0 Å². The van der Waals surface area contributed by atoms with Crippen molar-refractivity contribution in [2.45, 2.75) is 39.8 Å². The van der Waals surface area contributed by atoms with E-state index in [1.807, 2.05) is 0 Å². The van der Waals surface area contributed by atoms with Gasteiger partial charge in [0.1, 0.15) is 0 Å². The second-order valence-corrected chi connectivity index (χ2v) is 5.38. The van der Waals surface area contributed by atoms with E-state index in [0.717, 1.165) is 0 Å². The molecule has 0 aliphatic rings. The van der Waals surface area contributed by atoms with Crippen LogP contribution in [0.5, 0.6) is 0 Å². The molecule has 2 aromatic rings. The molecule has 19 heavy (non-hydrogen) atoms. The topological polar surface area (TPSA) is 12.0 Å². The monoisotopic (exact) mass is 253 g/mol. The molecule has 0 aromatic heterocycles. The first kappa shape index (κ1) is 13.8.